The monoisotopic (exact) mass is 795 g/mol. The Morgan fingerprint density at radius 1 is 0.783 bits per heavy atom. The van der Waals surface area contributed by atoms with Crippen LogP contribution in [0.2, 0.25) is 0 Å². The number of anilines is 1. The van der Waals surface area contributed by atoms with Gasteiger partial charge in [-0.25, -0.2) is 0 Å². The average molecular weight is 795 g/mol. The second-order valence-electron chi connectivity index (χ2n) is 18.1. The van der Waals surface area contributed by atoms with E-state index >= 15 is 0 Å². The molecule has 6 rings (SSSR count). The normalized spacial score (nSPS) is 20.1. The number of nitrogens with zero attached hydrogens (tertiary/aromatic N) is 2. The lowest BCUT2D eigenvalue weighted by Gasteiger charge is -2.49. The number of hydrogen-bond donors (Lipinski definition) is 0. The highest BCUT2D eigenvalue weighted by Gasteiger charge is 2.45. The molecule has 0 bridgehead atoms. The van der Waals surface area contributed by atoms with E-state index in [-0.39, 0.29) is 10.8 Å². The Labute approximate surface area is 364 Å². The predicted octanol–water partition coefficient (Wildman–Crippen LogP) is 15.8. The van der Waals surface area contributed by atoms with E-state index in [2.05, 4.69) is 230 Å². The summed E-state index contributed by atoms with van der Waals surface area (Å²) >= 11 is 0. The van der Waals surface area contributed by atoms with Gasteiger partial charge in [-0.1, -0.05) is 173 Å². The molecule has 3 aromatic carbocycles. The molecule has 3 aliphatic rings. The molecular formula is C58H70N2. The van der Waals surface area contributed by atoms with Crippen LogP contribution in [0.4, 0.5) is 5.69 Å². The van der Waals surface area contributed by atoms with Crippen molar-refractivity contribution < 1.29 is 0 Å². The standard InChI is InChI=1S/C58H70N2/c1-10-41-59(53(11-2)31-21-25-47-23-15-12-16-24-47)43-51-30-22-32-55-56(51)58(8,9)52(42-57(55,6)7)38-35-46(5)60(45(4)34-33-44(3)48-26-17-13-18-27-48)54-39-36-50(37-40-54)49-28-19-14-20-29-49/h11-13,15-19,21-24,26-29,31-40,51H,10,14,20,25,30,41-43H2,1-9H3/b31-21-,44-33+,45-34+,46-35+,52-38+,53-11+. The van der Waals surface area contributed by atoms with Gasteiger partial charge in [-0.05, 0) is 135 Å². The lowest BCUT2D eigenvalue weighted by Crippen LogP contribution is -2.40. The topological polar surface area (TPSA) is 6.48 Å². The molecule has 0 aliphatic heterocycles. The molecule has 3 aliphatic carbocycles. The first-order valence-electron chi connectivity index (χ1n) is 22.5. The zero-order chi connectivity index (χ0) is 42.7. The summed E-state index contributed by atoms with van der Waals surface area (Å²) in [5.41, 5.74) is 15.9. The van der Waals surface area contributed by atoms with Crippen LogP contribution in [0.1, 0.15) is 111 Å². The van der Waals surface area contributed by atoms with E-state index in [1.807, 2.05) is 0 Å². The van der Waals surface area contributed by atoms with Crippen molar-refractivity contribution in [3.63, 3.8) is 0 Å². The Hall–Kier alpha value is -5.34. The van der Waals surface area contributed by atoms with Gasteiger partial charge in [0.25, 0.3) is 0 Å². The molecular weight excluding hydrogens is 725 g/mol. The molecule has 0 fully saturated rings. The van der Waals surface area contributed by atoms with Crippen LogP contribution in [0.25, 0.3) is 11.1 Å². The summed E-state index contributed by atoms with van der Waals surface area (Å²) < 4.78 is 0. The molecule has 1 unspecified atom stereocenters. The Kier molecular flexibility index (Phi) is 14.9. The second-order valence-corrected chi connectivity index (χ2v) is 18.1. The van der Waals surface area contributed by atoms with Gasteiger partial charge in [-0.15, -0.1) is 0 Å². The summed E-state index contributed by atoms with van der Waals surface area (Å²) in [6.45, 7) is 23.2. The molecule has 0 N–H and O–H groups in total. The second kappa shape index (κ2) is 20.3. The van der Waals surface area contributed by atoms with Crippen LogP contribution in [0.5, 0.6) is 0 Å². The third-order valence-electron chi connectivity index (χ3n) is 12.8. The Morgan fingerprint density at radius 3 is 2.15 bits per heavy atom. The minimum absolute atomic E-state index is 0.0372. The SMILES string of the molecule is C/C=C(\C=C/Cc1ccccc1)N(CCC)CC1CC=CC2=C1C(C)(C)/C(=C/C=C(\C)N(/C(C)=C/C=C(\C)c1ccccc1)c1ccc(C3=CCCC=C3)cc1)CC2(C)C. The lowest BCUT2D eigenvalue weighted by atomic mass is 9.56. The van der Waals surface area contributed by atoms with Crippen LogP contribution in [-0.2, 0) is 6.42 Å². The van der Waals surface area contributed by atoms with Gasteiger partial charge in [0.05, 0.1) is 0 Å². The quantitative estimate of drug-likeness (QED) is 0.141. The van der Waals surface area contributed by atoms with Crippen LogP contribution >= 0.6 is 0 Å². The maximum absolute atomic E-state index is 2.65. The third-order valence-corrected chi connectivity index (χ3v) is 12.8. The van der Waals surface area contributed by atoms with Crippen LogP contribution in [0, 0.1) is 16.7 Å². The molecule has 0 heterocycles. The number of hydrogen-bond acceptors (Lipinski definition) is 2. The molecule has 312 valence electrons. The molecule has 0 aromatic heterocycles. The summed E-state index contributed by atoms with van der Waals surface area (Å²) in [5.74, 6) is 0.436. The fourth-order valence-electron chi connectivity index (χ4n) is 9.52. The zero-order valence-corrected chi connectivity index (χ0v) is 38.1. The highest BCUT2D eigenvalue weighted by Crippen LogP contribution is 2.56. The van der Waals surface area contributed by atoms with Crippen molar-refractivity contribution >= 4 is 16.8 Å². The van der Waals surface area contributed by atoms with Crippen molar-refractivity contribution in [2.45, 2.75) is 101 Å². The first-order chi connectivity index (χ1) is 28.9. The molecule has 0 spiro atoms. The van der Waals surface area contributed by atoms with Gasteiger partial charge >= 0.3 is 0 Å². The first-order valence-corrected chi connectivity index (χ1v) is 22.5. The van der Waals surface area contributed by atoms with Crippen LogP contribution in [-0.4, -0.2) is 18.0 Å². The highest BCUT2D eigenvalue weighted by molar-refractivity contribution is 5.76. The van der Waals surface area contributed by atoms with E-state index in [0.29, 0.717) is 5.92 Å². The van der Waals surface area contributed by atoms with Crippen molar-refractivity contribution in [3.8, 4) is 0 Å². The van der Waals surface area contributed by atoms with Gasteiger partial charge in [0, 0.05) is 47.2 Å². The van der Waals surface area contributed by atoms with Gasteiger partial charge in [0.15, 0.2) is 0 Å². The molecule has 1 atom stereocenters. The van der Waals surface area contributed by atoms with E-state index in [1.165, 1.54) is 56.2 Å². The number of rotatable bonds is 15. The van der Waals surface area contributed by atoms with E-state index in [4.69, 9.17) is 0 Å². The van der Waals surface area contributed by atoms with E-state index < -0.39 is 0 Å². The molecule has 60 heavy (non-hydrogen) atoms. The molecule has 2 heteroatoms. The predicted molar refractivity (Wildman–Crippen MR) is 262 cm³/mol. The van der Waals surface area contributed by atoms with Gasteiger partial charge in [0.1, 0.15) is 0 Å². The average Bonchev–Trinajstić information content (AvgIpc) is 3.26. The summed E-state index contributed by atoms with van der Waals surface area (Å²) in [5, 5.41) is 0. The van der Waals surface area contributed by atoms with Crippen molar-refractivity contribution in [3.05, 3.63) is 208 Å². The van der Waals surface area contributed by atoms with Crippen molar-refractivity contribution in [2.75, 3.05) is 18.0 Å². The number of benzene rings is 3. The minimum Gasteiger partial charge on any atom is -0.371 e. The molecule has 2 nitrogen and oxygen atoms in total. The third kappa shape index (κ3) is 10.7. The fourth-order valence-corrected chi connectivity index (χ4v) is 9.52. The molecule has 0 amide bonds. The molecule has 0 radical (unpaired) electrons. The van der Waals surface area contributed by atoms with E-state index in [1.54, 1.807) is 11.1 Å². The first kappa shape index (κ1) is 44.2. The van der Waals surface area contributed by atoms with Crippen LogP contribution in [0.15, 0.2) is 192 Å². The zero-order valence-electron chi connectivity index (χ0n) is 38.1. The van der Waals surface area contributed by atoms with Crippen LogP contribution in [0.3, 0.4) is 0 Å². The van der Waals surface area contributed by atoms with Gasteiger partial charge in [0.2, 0.25) is 0 Å². The van der Waals surface area contributed by atoms with E-state index in [9.17, 15) is 0 Å². The maximum atomic E-state index is 2.65. The Morgan fingerprint density at radius 2 is 1.48 bits per heavy atom. The maximum Gasteiger partial charge on any atom is 0.0455 e. The largest absolute Gasteiger partial charge is 0.371 e. The fraction of sp³-hybridized carbons (Fsp3) is 0.345. The highest BCUT2D eigenvalue weighted by atomic mass is 15.1. The molecule has 3 aromatic rings. The lowest BCUT2D eigenvalue weighted by molar-refractivity contribution is 0.263. The molecule has 0 saturated heterocycles. The Balaban J connectivity index is 1.32. The van der Waals surface area contributed by atoms with Gasteiger partial charge in [-0.2, -0.15) is 0 Å². The molecule has 0 saturated carbocycles. The van der Waals surface area contributed by atoms with Gasteiger partial charge < -0.3 is 9.80 Å². The summed E-state index contributed by atoms with van der Waals surface area (Å²) in [6, 6.07) is 30.6. The number of allylic oxidation sites excluding steroid dienone is 18. The van der Waals surface area contributed by atoms with E-state index in [0.717, 1.165) is 51.6 Å². The van der Waals surface area contributed by atoms with Gasteiger partial charge in [-0.3, -0.25) is 0 Å². The van der Waals surface area contributed by atoms with Crippen LogP contribution < -0.4 is 4.90 Å². The van der Waals surface area contributed by atoms with Crippen molar-refractivity contribution in [1.29, 1.82) is 0 Å². The Bertz CT molecular complexity index is 2240. The smallest absolute Gasteiger partial charge is 0.0455 e. The summed E-state index contributed by atoms with van der Waals surface area (Å²) in [6.07, 6.45) is 34.6. The summed E-state index contributed by atoms with van der Waals surface area (Å²) in [4.78, 5) is 5.07. The minimum atomic E-state index is -0.0810. The van der Waals surface area contributed by atoms with Crippen molar-refractivity contribution in [1.82, 2.24) is 4.90 Å². The summed E-state index contributed by atoms with van der Waals surface area (Å²) in [7, 11) is 0. The van der Waals surface area contributed by atoms with Crippen molar-refractivity contribution in [2.24, 2.45) is 16.7 Å².